The fourth-order valence-electron chi connectivity index (χ4n) is 2.68. The van der Waals surface area contributed by atoms with Crippen LogP contribution in [0.3, 0.4) is 0 Å². The van der Waals surface area contributed by atoms with E-state index in [1.807, 2.05) is 18.2 Å². The number of rotatable bonds is 2. The first kappa shape index (κ1) is 13.4. The molecule has 1 aromatic rings. The van der Waals surface area contributed by atoms with Gasteiger partial charge in [-0.15, -0.1) is 0 Å². The van der Waals surface area contributed by atoms with Crippen LogP contribution in [0.2, 0.25) is 0 Å². The Morgan fingerprint density at radius 2 is 1.78 bits per heavy atom. The third kappa shape index (κ3) is 3.26. The van der Waals surface area contributed by atoms with E-state index in [-0.39, 0.29) is 17.6 Å². The maximum Gasteiger partial charge on any atom is 0.123 e. The SMILES string of the molecule is CC(C)(C)Oc1ccccc1C1CCCCC1O. The van der Waals surface area contributed by atoms with Gasteiger partial charge in [-0.25, -0.2) is 0 Å². The van der Waals surface area contributed by atoms with Gasteiger partial charge in [-0.05, 0) is 45.2 Å². The maximum atomic E-state index is 10.2. The summed E-state index contributed by atoms with van der Waals surface area (Å²) < 4.78 is 6.02. The van der Waals surface area contributed by atoms with E-state index in [1.54, 1.807) is 0 Å². The number of aliphatic hydroxyl groups is 1. The number of hydrogen-bond donors (Lipinski definition) is 1. The molecule has 0 aromatic heterocycles. The van der Waals surface area contributed by atoms with Crippen LogP contribution in [0, 0.1) is 0 Å². The number of hydrogen-bond acceptors (Lipinski definition) is 2. The minimum absolute atomic E-state index is 0.199. The molecule has 1 fully saturated rings. The largest absolute Gasteiger partial charge is 0.488 e. The van der Waals surface area contributed by atoms with Crippen LogP contribution >= 0.6 is 0 Å². The lowest BCUT2D eigenvalue weighted by molar-refractivity contribution is 0.0964. The summed E-state index contributed by atoms with van der Waals surface area (Å²) in [5.41, 5.74) is 0.968. The lowest BCUT2D eigenvalue weighted by atomic mass is 9.81. The highest BCUT2D eigenvalue weighted by atomic mass is 16.5. The molecule has 2 nitrogen and oxygen atoms in total. The number of aliphatic hydroxyl groups excluding tert-OH is 1. The van der Waals surface area contributed by atoms with Gasteiger partial charge in [0.15, 0.2) is 0 Å². The molecule has 1 aliphatic rings. The van der Waals surface area contributed by atoms with E-state index in [0.29, 0.717) is 0 Å². The second-order valence-electron chi connectivity index (χ2n) is 6.21. The Labute approximate surface area is 110 Å². The van der Waals surface area contributed by atoms with Crippen LogP contribution in [0.1, 0.15) is 57.9 Å². The molecule has 18 heavy (non-hydrogen) atoms. The molecule has 0 spiro atoms. The Hall–Kier alpha value is -1.02. The van der Waals surface area contributed by atoms with Crippen LogP contribution in [0.5, 0.6) is 5.75 Å². The van der Waals surface area contributed by atoms with E-state index in [2.05, 4.69) is 26.8 Å². The van der Waals surface area contributed by atoms with E-state index in [0.717, 1.165) is 25.0 Å². The first-order chi connectivity index (χ1) is 8.47. The molecule has 0 radical (unpaired) electrons. The van der Waals surface area contributed by atoms with Gasteiger partial charge in [0.25, 0.3) is 0 Å². The monoisotopic (exact) mass is 248 g/mol. The van der Waals surface area contributed by atoms with Crippen molar-refractivity contribution in [2.45, 2.75) is 64.1 Å². The Bertz CT molecular complexity index is 392. The molecule has 1 N–H and O–H groups in total. The van der Waals surface area contributed by atoms with Gasteiger partial charge in [-0.1, -0.05) is 31.0 Å². The van der Waals surface area contributed by atoms with Gasteiger partial charge in [-0.3, -0.25) is 0 Å². The van der Waals surface area contributed by atoms with E-state index >= 15 is 0 Å². The summed E-state index contributed by atoms with van der Waals surface area (Å²) >= 11 is 0. The zero-order valence-corrected chi connectivity index (χ0v) is 11.6. The van der Waals surface area contributed by atoms with Crippen molar-refractivity contribution in [3.63, 3.8) is 0 Å². The predicted octanol–water partition coefficient (Wildman–Crippen LogP) is 3.88. The van der Waals surface area contributed by atoms with Crippen LogP contribution in [0.15, 0.2) is 24.3 Å². The fourth-order valence-corrected chi connectivity index (χ4v) is 2.68. The summed E-state index contributed by atoms with van der Waals surface area (Å²) in [4.78, 5) is 0. The lowest BCUT2D eigenvalue weighted by Crippen LogP contribution is -2.27. The molecule has 2 atom stereocenters. The van der Waals surface area contributed by atoms with Crippen LogP contribution in [0.4, 0.5) is 0 Å². The molecule has 2 rings (SSSR count). The van der Waals surface area contributed by atoms with Crippen molar-refractivity contribution in [2.24, 2.45) is 0 Å². The fraction of sp³-hybridized carbons (Fsp3) is 0.625. The quantitative estimate of drug-likeness (QED) is 0.860. The van der Waals surface area contributed by atoms with Crippen molar-refractivity contribution in [3.8, 4) is 5.75 Å². The number of ether oxygens (including phenoxy) is 1. The zero-order valence-electron chi connectivity index (χ0n) is 11.6. The third-order valence-corrected chi connectivity index (χ3v) is 3.46. The summed E-state index contributed by atoms with van der Waals surface area (Å²) in [5, 5.41) is 10.2. The van der Waals surface area contributed by atoms with Gasteiger partial charge in [-0.2, -0.15) is 0 Å². The smallest absolute Gasteiger partial charge is 0.123 e. The van der Waals surface area contributed by atoms with Crippen LogP contribution in [0.25, 0.3) is 0 Å². The van der Waals surface area contributed by atoms with Crippen molar-refractivity contribution in [1.82, 2.24) is 0 Å². The van der Waals surface area contributed by atoms with E-state index in [4.69, 9.17) is 4.74 Å². The molecule has 1 saturated carbocycles. The number of benzene rings is 1. The van der Waals surface area contributed by atoms with Crippen molar-refractivity contribution in [2.75, 3.05) is 0 Å². The van der Waals surface area contributed by atoms with Gasteiger partial charge in [0, 0.05) is 5.92 Å². The molecule has 1 aliphatic carbocycles. The van der Waals surface area contributed by atoms with Gasteiger partial charge >= 0.3 is 0 Å². The normalized spacial score (nSPS) is 24.9. The maximum absolute atomic E-state index is 10.2. The van der Waals surface area contributed by atoms with Crippen LogP contribution in [-0.2, 0) is 0 Å². The highest BCUT2D eigenvalue weighted by molar-refractivity contribution is 5.37. The molecular weight excluding hydrogens is 224 g/mol. The highest BCUT2D eigenvalue weighted by Crippen LogP contribution is 2.38. The minimum Gasteiger partial charge on any atom is -0.488 e. The van der Waals surface area contributed by atoms with Gasteiger partial charge < -0.3 is 9.84 Å². The second-order valence-corrected chi connectivity index (χ2v) is 6.21. The van der Waals surface area contributed by atoms with E-state index < -0.39 is 0 Å². The Kier molecular flexibility index (Phi) is 3.96. The van der Waals surface area contributed by atoms with Crippen molar-refractivity contribution >= 4 is 0 Å². The van der Waals surface area contributed by atoms with Gasteiger partial charge in [0.05, 0.1) is 6.10 Å². The number of para-hydroxylation sites is 1. The molecule has 0 aliphatic heterocycles. The molecule has 1 aromatic carbocycles. The summed E-state index contributed by atoms with van der Waals surface area (Å²) in [5.74, 6) is 1.16. The summed E-state index contributed by atoms with van der Waals surface area (Å²) in [6.45, 7) is 6.17. The minimum atomic E-state index is -0.219. The Morgan fingerprint density at radius 1 is 1.11 bits per heavy atom. The predicted molar refractivity (Wildman–Crippen MR) is 74.0 cm³/mol. The molecule has 0 bridgehead atoms. The molecule has 0 heterocycles. The van der Waals surface area contributed by atoms with Gasteiger partial charge in [0.2, 0.25) is 0 Å². The van der Waals surface area contributed by atoms with Crippen molar-refractivity contribution in [1.29, 1.82) is 0 Å². The third-order valence-electron chi connectivity index (χ3n) is 3.46. The molecular formula is C16H24O2. The molecule has 2 unspecified atom stereocenters. The topological polar surface area (TPSA) is 29.5 Å². The molecule has 2 heteroatoms. The Morgan fingerprint density at radius 3 is 2.44 bits per heavy atom. The van der Waals surface area contributed by atoms with Gasteiger partial charge in [0.1, 0.15) is 11.4 Å². The average Bonchev–Trinajstić information content (AvgIpc) is 2.29. The van der Waals surface area contributed by atoms with E-state index in [1.165, 1.54) is 12.0 Å². The van der Waals surface area contributed by atoms with Crippen LogP contribution < -0.4 is 4.74 Å². The standard InChI is InChI=1S/C16H24O2/c1-16(2,3)18-15-11-7-5-9-13(15)12-8-4-6-10-14(12)17/h5,7,9,11-12,14,17H,4,6,8,10H2,1-3H3. The first-order valence-electron chi connectivity index (χ1n) is 6.93. The molecule has 100 valence electrons. The summed E-state index contributed by atoms with van der Waals surface area (Å²) in [6.07, 6.45) is 4.09. The molecule has 0 amide bonds. The second kappa shape index (κ2) is 5.31. The van der Waals surface area contributed by atoms with Crippen molar-refractivity contribution < 1.29 is 9.84 Å². The lowest BCUT2D eigenvalue weighted by Gasteiger charge is -2.31. The summed E-state index contributed by atoms with van der Waals surface area (Å²) in [7, 11) is 0. The average molecular weight is 248 g/mol. The zero-order chi connectivity index (χ0) is 13.2. The Balaban J connectivity index is 2.26. The first-order valence-corrected chi connectivity index (χ1v) is 6.93. The summed E-state index contributed by atoms with van der Waals surface area (Å²) in [6, 6.07) is 8.15. The highest BCUT2D eigenvalue weighted by Gasteiger charge is 2.27. The van der Waals surface area contributed by atoms with E-state index in [9.17, 15) is 5.11 Å². The van der Waals surface area contributed by atoms with Crippen LogP contribution in [-0.4, -0.2) is 16.8 Å². The molecule has 0 saturated heterocycles. The van der Waals surface area contributed by atoms with Crippen molar-refractivity contribution in [3.05, 3.63) is 29.8 Å².